The number of Topliss-reactive ketones (excluding diaryl/α,β-unsaturated/α-hetero) is 1. The number of thioether (sulfide) groups is 2. The van der Waals surface area contributed by atoms with E-state index >= 15 is 0 Å². The zero-order chi connectivity index (χ0) is 12.4. The van der Waals surface area contributed by atoms with Crippen molar-refractivity contribution in [1.82, 2.24) is 4.98 Å². The van der Waals surface area contributed by atoms with Gasteiger partial charge in [0.1, 0.15) is 5.01 Å². The first-order chi connectivity index (χ1) is 8.13. The van der Waals surface area contributed by atoms with Gasteiger partial charge < -0.3 is 0 Å². The van der Waals surface area contributed by atoms with Crippen molar-refractivity contribution < 1.29 is 4.79 Å². The van der Waals surface area contributed by atoms with E-state index in [0.29, 0.717) is 10.5 Å². The predicted molar refractivity (Wildman–Crippen MR) is 78.6 cm³/mol. The van der Waals surface area contributed by atoms with Gasteiger partial charge in [-0.05, 0) is 13.3 Å². The van der Waals surface area contributed by atoms with Gasteiger partial charge in [-0.25, -0.2) is 4.98 Å². The Bertz CT molecular complexity index is 416. The summed E-state index contributed by atoms with van der Waals surface area (Å²) in [6, 6.07) is 0. The Hall–Kier alpha value is -0.0000000000000000833. The van der Waals surface area contributed by atoms with Crippen LogP contribution >= 0.6 is 34.9 Å². The molecular formula is C12H17NOS3. The minimum Gasteiger partial charge on any atom is -0.294 e. The Morgan fingerprint density at radius 2 is 2.12 bits per heavy atom. The minimum absolute atomic E-state index is 0.146. The van der Waals surface area contributed by atoms with Crippen LogP contribution in [0, 0.1) is 6.92 Å². The van der Waals surface area contributed by atoms with Crippen LogP contribution in [-0.4, -0.2) is 27.5 Å². The van der Waals surface area contributed by atoms with E-state index in [4.69, 9.17) is 0 Å². The molecule has 0 aliphatic carbocycles. The number of rotatable bonds is 3. The Labute approximate surface area is 115 Å². The summed E-state index contributed by atoms with van der Waals surface area (Å²) in [5, 5.41) is 2.28. The van der Waals surface area contributed by atoms with E-state index in [2.05, 4.69) is 23.7 Å². The molecule has 1 aromatic rings. The van der Waals surface area contributed by atoms with E-state index in [1.807, 2.05) is 18.7 Å². The highest BCUT2D eigenvalue weighted by Crippen LogP contribution is 2.45. The van der Waals surface area contributed by atoms with Crippen LogP contribution in [0.25, 0.3) is 0 Å². The molecule has 2 rings (SSSR count). The lowest BCUT2D eigenvalue weighted by Gasteiger charge is -2.28. The fraction of sp³-hybridized carbons (Fsp3) is 0.667. The second-order valence-corrected chi connectivity index (χ2v) is 7.76. The number of carbonyl (C=O) groups is 1. The third kappa shape index (κ3) is 2.88. The number of ketones is 1. The molecule has 0 bridgehead atoms. The van der Waals surface area contributed by atoms with E-state index in [0.717, 1.165) is 15.6 Å². The number of carbonyl (C=O) groups excluding carboxylic acids is 1. The number of thiazole rings is 1. The van der Waals surface area contributed by atoms with Crippen LogP contribution in [0.4, 0.5) is 0 Å². The van der Waals surface area contributed by atoms with Gasteiger partial charge in [0, 0.05) is 23.7 Å². The van der Waals surface area contributed by atoms with Crippen LogP contribution in [0.5, 0.6) is 0 Å². The average Bonchev–Trinajstić information content (AvgIpc) is 2.71. The van der Waals surface area contributed by atoms with Crippen molar-refractivity contribution in [2.24, 2.45) is 0 Å². The molecule has 0 spiro atoms. The second kappa shape index (κ2) is 5.76. The van der Waals surface area contributed by atoms with E-state index in [1.54, 1.807) is 18.3 Å². The van der Waals surface area contributed by atoms with Gasteiger partial charge in [-0.3, -0.25) is 4.79 Å². The highest BCUT2D eigenvalue weighted by molar-refractivity contribution is 8.06. The van der Waals surface area contributed by atoms with Crippen LogP contribution in [-0.2, 0) is 0 Å². The van der Waals surface area contributed by atoms with Crippen molar-refractivity contribution in [2.45, 2.75) is 37.7 Å². The smallest absolute Gasteiger partial charge is 0.171 e. The molecule has 94 valence electrons. The molecule has 0 N–H and O–H groups in total. The summed E-state index contributed by atoms with van der Waals surface area (Å²) in [6.45, 7) is 5.81. The number of hydrogen-bond donors (Lipinski definition) is 0. The molecule has 1 aliphatic rings. The lowest BCUT2D eigenvalue weighted by Crippen LogP contribution is -2.18. The number of hydrogen-bond acceptors (Lipinski definition) is 5. The van der Waals surface area contributed by atoms with E-state index in [1.165, 1.54) is 17.9 Å². The quantitative estimate of drug-likeness (QED) is 0.787. The fourth-order valence-electron chi connectivity index (χ4n) is 2.00. The number of nitrogens with zero attached hydrogens (tertiary/aromatic N) is 1. The first-order valence-corrected chi connectivity index (χ1v) is 8.76. The Balaban J connectivity index is 2.26. The summed E-state index contributed by atoms with van der Waals surface area (Å²) < 4.78 is 0. The Kier molecular flexibility index (Phi) is 4.55. The molecular weight excluding hydrogens is 270 g/mol. The van der Waals surface area contributed by atoms with Crippen molar-refractivity contribution in [3.8, 4) is 0 Å². The largest absolute Gasteiger partial charge is 0.294 e. The molecule has 0 saturated carbocycles. The molecule has 1 fully saturated rings. The summed E-state index contributed by atoms with van der Waals surface area (Å²) in [4.78, 5) is 16.9. The third-order valence-electron chi connectivity index (χ3n) is 2.83. The molecule has 0 amide bonds. The monoisotopic (exact) mass is 287 g/mol. The molecule has 2 nitrogen and oxygen atoms in total. The second-order valence-electron chi connectivity index (χ2n) is 4.13. The zero-order valence-corrected chi connectivity index (χ0v) is 12.8. The van der Waals surface area contributed by atoms with Crippen molar-refractivity contribution in [2.75, 3.05) is 11.5 Å². The normalized spacial score (nSPS) is 24.9. The maximum atomic E-state index is 11.5. The number of aryl methyl sites for hydroxylation is 1. The predicted octanol–water partition coefficient (Wildman–Crippen LogP) is 3.95. The number of aromatic nitrogens is 1. The van der Waals surface area contributed by atoms with Gasteiger partial charge in [0.05, 0.1) is 15.8 Å². The van der Waals surface area contributed by atoms with Crippen LogP contribution in [0.2, 0.25) is 0 Å². The SMILES string of the molecule is CCC1SCCSC1c1nc(C)c(C(C)=O)s1. The Morgan fingerprint density at radius 3 is 2.71 bits per heavy atom. The molecule has 0 radical (unpaired) electrons. The summed E-state index contributed by atoms with van der Waals surface area (Å²) in [7, 11) is 0. The zero-order valence-electron chi connectivity index (χ0n) is 10.4. The van der Waals surface area contributed by atoms with Crippen molar-refractivity contribution >= 4 is 40.6 Å². The Morgan fingerprint density at radius 1 is 1.41 bits per heavy atom. The first-order valence-electron chi connectivity index (χ1n) is 5.85. The molecule has 1 aromatic heterocycles. The highest BCUT2D eigenvalue weighted by atomic mass is 32.2. The standard InChI is InChI=1S/C12H17NOS3/c1-4-9-11(16-6-5-15-9)12-13-7(2)10(17-12)8(3)14/h9,11H,4-6H2,1-3H3. The fourth-order valence-corrected chi connectivity index (χ4v) is 6.38. The molecule has 5 heteroatoms. The first kappa shape index (κ1) is 13.4. The van der Waals surface area contributed by atoms with Gasteiger partial charge in [-0.1, -0.05) is 6.92 Å². The topological polar surface area (TPSA) is 30.0 Å². The molecule has 2 heterocycles. The maximum Gasteiger partial charge on any atom is 0.171 e. The van der Waals surface area contributed by atoms with Gasteiger partial charge in [-0.2, -0.15) is 11.8 Å². The molecule has 17 heavy (non-hydrogen) atoms. The molecule has 1 saturated heterocycles. The van der Waals surface area contributed by atoms with Crippen LogP contribution < -0.4 is 0 Å². The van der Waals surface area contributed by atoms with Crippen molar-refractivity contribution in [3.05, 3.63) is 15.6 Å². The van der Waals surface area contributed by atoms with Crippen LogP contribution in [0.3, 0.4) is 0 Å². The highest BCUT2D eigenvalue weighted by Gasteiger charge is 2.29. The van der Waals surface area contributed by atoms with Crippen LogP contribution in [0.1, 0.15) is 45.9 Å². The minimum atomic E-state index is 0.146. The molecule has 2 atom stereocenters. The summed E-state index contributed by atoms with van der Waals surface area (Å²) in [5.74, 6) is 2.58. The average molecular weight is 287 g/mol. The molecule has 2 unspecified atom stereocenters. The molecule has 0 aromatic carbocycles. The lowest BCUT2D eigenvalue weighted by molar-refractivity contribution is 0.102. The van der Waals surface area contributed by atoms with Crippen LogP contribution in [0.15, 0.2) is 0 Å². The summed E-state index contributed by atoms with van der Waals surface area (Å²) in [5.41, 5.74) is 0.906. The third-order valence-corrected chi connectivity index (χ3v) is 7.57. The summed E-state index contributed by atoms with van der Waals surface area (Å²) in [6.07, 6.45) is 1.18. The van der Waals surface area contributed by atoms with Gasteiger partial charge >= 0.3 is 0 Å². The van der Waals surface area contributed by atoms with Gasteiger partial charge in [0.15, 0.2) is 5.78 Å². The lowest BCUT2D eigenvalue weighted by atomic mass is 10.2. The van der Waals surface area contributed by atoms with Gasteiger partial charge in [0.2, 0.25) is 0 Å². The van der Waals surface area contributed by atoms with Gasteiger partial charge in [0.25, 0.3) is 0 Å². The van der Waals surface area contributed by atoms with E-state index in [9.17, 15) is 4.79 Å². The van der Waals surface area contributed by atoms with Crippen molar-refractivity contribution in [1.29, 1.82) is 0 Å². The summed E-state index contributed by atoms with van der Waals surface area (Å²) >= 11 is 5.65. The maximum absolute atomic E-state index is 11.5. The van der Waals surface area contributed by atoms with Gasteiger partial charge in [-0.15, -0.1) is 23.1 Å². The van der Waals surface area contributed by atoms with E-state index < -0.39 is 0 Å². The molecule has 1 aliphatic heterocycles. The van der Waals surface area contributed by atoms with Crippen molar-refractivity contribution in [3.63, 3.8) is 0 Å². The van der Waals surface area contributed by atoms with E-state index in [-0.39, 0.29) is 5.78 Å².